The van der Waals surface area contributed by atoms with Crippen LogP contribution in [0.25, 0.3) is 0 Å². The van der Waals surface area contributed by atoms with E-state index in [0.29, 0.717) is 22.3 Å². The van der Waals surface area contributed by atoms with Gasteiger partial charge in [0.1, 0.15) is 0 Å². The molecule has 1 heterocycles. The van der Waals surface area contributed by atoms with Crippen LogP contribution in [0.3, 0.4) is 0 Å². The van der Waals surface area contributed by atoms with Crippen molar-refractivity contribution in [1.29, 1.82) is 0 Å². The first-order valence-electron chi connectivity index (χ1n) is 5.53. The molecule has 1 fully saturated rings. The van der Waals surface area contributed by atoms with Crippen molar-refractivity contribution in [3.8, 4) is 0 Å². The largest absolute Gasteiger partial charge is 0.341 e. The normalized spacial score (nSPS) is 17.4. The summed E-state index contributed by atoms with van der Waals surface area (Å²) in [5.74, 6) is 0.678. The first kappa shape index (κ1) is 12.0. The molecule has 1 aromatic heterocycles. The molecule has 0 saturated heterocycles. The zero-order chi connectivity index (χ0) is 11.5. The number of rotatable bonds is 2. The van der Waals surface area contributed by atoms with Crippen LogP contribution in [0.2, 0.25) is 0 Å². The molecule has 1 saturated carbocycles. The highest BCUT2D eigenvalue weighted by molar-refractivity contribution is 7.80. The predicted molar refractivity (Wildman–Crippen MR) is 69.6 cm³/mol. The van der Waals surface area contributed by atoms with Crippen molar-refractivity contribution in [3.05, 3.63) is 0 Å². The van der Waals surface area contributed by atoms with Gasteiger partial charge in [-0.3, -0.25) is 0 Å². The zero-order valence-corrected chi connectivity index (χ0v) is 11.1. The van der Waals surface area contributed by atoms with Gasteiger partial charge in [0.25, 0.3) is 0 Å². The van der Waals surface area contributed by atoms with E-state index in [2.05, 4.69) is 45.1 Å². The molecular formula is C10H16N4S2. The van der Waals surface area contributed by atoms with Crippen molar-refractivity contribution in [2.24, 2.45) is 0 Å². The van der Waals surface area contributed by atoms with Gasteiger partial charge in [0.2, 0.25) is 5.95 Å². The predicted octanol–water partition coefficient (Wildman–Crippen LogP) is 2.22. The Labute approximate surface area is 107 Å². The third kappa shape index (κ3) is 2.79. The molecule has 1 aromatic rings. The second kappa shape index (κ2) is 5.23. The molecule has 0 amide bonds. The Bertz CT molecular complexity index is 346. The van der Waals surface area contributed by atoms with Crippen LogP contribution in [0.5, 0.6) is 0 Å². The second-order valence-corrected chi connectivity index (χ2v) is 4.94. The molecule has 0 unspecified atom stereocenters. The van der Waals surface area contributed by atoms with Crippen molar-refractivity contribution in [3.63, 3.8) is 0 Å². The van der Waals surface area contributed by atoms with E-state index >= 15 is 0 Å². The van der Waals surface area contributed by atoms with E-state index in [1.807, 2.05) is 7.05 Å². The van der Waals surface area contributed by atoms with E-state index in [1.165, 1.54) is 32.1 Å². The topological polar surface area (TPSA) is 41.9 Å². The van der Waals surface area contributed by atoms with Crippen LogP contribution in [0.1, 0.15) is 32.1 Å². The Morgan fingerprint density at radius 1 is 1.00 bits per heavy atom. The van der Waals surface area contributed by atoms with E-state index < -0.39 is 0 Å². The van der Waals surface area contributed by atoms with E-state index in [0.717, 1.165) is 0 Å². The SMILES string of the molecule is CN(c1nc(S)nc(S)n1)C1CCCCC1. The summed E-state index contributed by atoms with van der Waals surface area (Å²) in [4.78, 5) is 14.5. The lowest BCUT2D eigenvalue weighted by atomic mass is 9.95. The van der Waals surface area contributed by atoms with Crippen LogP contribution in [0, 0.1) is 0 Å². The maximum absolute atomic E-state index is 4.23. The van der Waals surface area contributed by atoms with Crippen molar-refractivity contribution in [2.75, 3.05) is 11.9 Å². The van der Waals surface area contributed by atoms with E-state index in [4.69, 9.17) is 0 Å². The van der Waals surface area contributed by atoms with Crippen molar-refractivity contribution < 1.29 is 0 Å². The molecule has 16 heavy (non-hydrogen) atoms. The van der Waals surface area contributed by atoms with Crippen molar-refractivity contribution in [2.45, 2.75) is 48.5 Å². The average Bonchev–Trinajstić information content (AvgIpc) is 2.28. The summed E-state index contributed by atoms with van der Waals surface area (Å²) >= 11 is 8.29. The molecule has 0 radical (unpaired) electrons. The van der Waals surface area contributed by atoms with Crippen LogP contribution < -0.4 is 4.90 Å². The standard InChI is InChI=1S/C10H16N4S2/c1-14(7-5-3-2-4-6-7)8-11-9(15)13-10(16)12-8/h7H,2-6H2,1H3,(H2,11,12,13,15,16). The summed E-state index contributed by atoms with van der Waals surface area (Å²) in [6.45, 7) is 0. The molecule has 0 bridgehead atoms. The van der Waals surface area contributed by atoms with Crippen LogP contribution in [-0.2, 0) is 0 Å². The molecule has 0 spiro atoms. The summed E-state index contributed by atoms with van der Waals surface area (Å²) in [6, 6.07) is 0.539. The number of aromatic nitrogens is 3. The highest BCUT2D eigenvalue weighted by Gasteiger charge is 2.20. The number of hydrogen-bond donors (Lipinski definition) is 2. The molecule has 2 rings (SSSR count). The molecule has 88 valence electrons. The van der Waals surface area contributed by atoms with E-state index in [-0.39, 0.29) is 0 Å². The Balaban J connectivity index is 2.15. The lowest BCUT2D eigenvalue weighted by Gasteiger charge is -2.31. The first-order chi connectivity index (χ1) is 7.66. The smallest absolute Gasteiger partial charge is 0.230 e. The molecule has 0 N–H and O–H groups in total. The number of thiol groups is 2. The van der Waals surface area contributed by atoms with Gasteiger partial charge in [-0.2, -0.15) is 15.0 Å². The summed E-state index contributed by atoms with van der Waals surface area (Å²) in [5.41, 5.74) is 0. The third-order valence-corrected chi connectivity index (χ3v) is 3.44. The van der Waals surface area contributed by atoms with Crippen LogP contribution in [0.15, 0.2) is 10.3 Å². The Morgan fingerprint density at radius 2 is 1.56 bits per heavy atom. The minimum absolute atomic E-state index is 0.428. The Morgan fingerprint density at radius 3 is 2.12 bits per heavy atom. The Hall–Kier alpha value is -0.490. The number of anilines is 1. The van der Waals surface area contributed by atoms with Gasteiger partial charge in [-0.05, 0) is 12.8 Å². The van der Waals surface area contributed by atoms with Gasteiger partial charge in [-0.15, -0.1) is 25.3 Å². The number of nitrogens with zero attached hydrogens (tertiary/aromatic N) is 4. The summed E-state index contributed by atoms with van der Waals surface area (Å²) in [5, 5.41) is 0.857. The van der Waals surface area contributed by atoms with Gasteiger partial charge in [0.05, 0.1) is 0 Å². The summed E-state index contributed by atoms with van der Waals surface area (Å²) < 4.78 is 0. The van der Waals surface area contributed by atoms with Crippen LogP contribution in [-0.4, -0.2) is 28.0 Å². The van der Waals surface area contributed by atoms with E-state index in [1.54, 1.807) is 0 Å². The Kier molecular flexibility index (Phi) is 3.91. The minimum atomic E-state index is 0.428. The van der Waals surface area contributed by atoms with Gasteiger partial charge < -0.3 is 4.90 Å². The number of hydrogen-bond acceptors (Lipinski definition) is 6. The van der Waals surface area contributed by atoms with E-state index in [9.17, 15) is 0 Å². The van der Waals surface area contributed by atoms with Crippen LogP contribution >= 0.6 is 25.3 Å². The van der Waals surface area contributed by atoms with Gasteiger partial charge in [0.15, 0.2) is 10.3 Å². The lowest BCUT2D eigenvalue weighted by Crippen LogP contribution is -2.34. The molecular weight excluding hydrogens is 240 g/mol. The molecule has 0 aliphatic heterocycles. The van der Waals surface area contributed by atoms with Gasteiger partial charge in [0, 0.05) is 13.1 Å². The van der Waals surface area contributed by atoms with Crippen molar-refractivity contribution >= 4 is 31.2 Å². The highest BCUT2D eigenvalue weighted by Crippen LogP contribution is 2.24. The van der Waals surface area contributed by atoms with Gasteiger partial charge in [-0.25, -0.2) is 0 Å². The van der Waals surface area contributed by atoms with Crippen molar-refractivity contribution in [1.82, 2.24) is 15.0 Å². The second-order valence-electron chi connectivity index (χ2n) is 4.14. The quantitative estimate of drug-likeness (QED) is 0.796. The lowest BCUT2D eigenvalue weighted by molar-refractivity contribution is 0.422. The maximum Gasteiger partial charge on any atom is 0.230 e. The maximum atomic E-state index is 4.23. The van der Waals surface area contributed by atoms with Gasteiger partial charge >= 0.3 is 0 Å². The molecule has 0 aromatic carbocycles. The van der Waals surface area contributed by atoms with Gasteiger partial charge in [-0.1, -0.05) is 19.3 Å². The first-order valence-corrected chi connectivity index (χ1v) is 6.43. The fourth-order valence-corrected chi connectivity index (χ4v) is 2.58. The molecule has 1 aliphatic carbocycles. The molecule has 1 aliphatic rings. The molecule has 4 nitrogen and oxygen atoms in total. The summed E-state index contributed by atoms with van der Waals surface area (Å²) in [6.07, 6.45) is 6.36. The fourth-order valence-electron chi connectivity index (χ4n) is 2.13. The molecule has 0 atom stereocenters. The zero-order valence-electron chi connectivity index (χ0n) is 9.30. The minimum Gasteiger partial charge on any atom is -0.341 e. The fraction of sp³-hybridized carbons (Fsp3) is 0.700. The monoisotopic (exact) mass is 256 g/mol. The summed E-state index contributed by atoms with van der Waals surface area (Å²) in [7, 11) is 2.03. The highest BCUT2D eigenvalue weighted by atomic mass is 32.1. The average molecular weight is 256 g/mol. The third-order valence-electron chi connectivity index (χ3n) is 3.04. The molecule has 6 heteroatoms. The van der Waals surface area contributed by atoms with Crippen LogP contribution in [0.4, 0.5) is 5.95 Å².